The second-order valence-electron chi connectivity index (χ2n) is 7.23. The number of esters is 1. The third-order valence-corrected chi connectivity index (χ3v) is 6.55. The Bertz CT molecular complexity index is 1210. The first-order valence-corrected chi connectivity index (χ1v) is 11.4. The summed E-state index contributed by atoms with van der Waals surface area (Å²) in [5, 5.41) is 3.60. The number of carbonyl (C=O) groups excluding carboxylic acids is 3. The molecule has 0 saturated carbocycles. The lowest BCUT2D eigenvalue weighted by Gasteiger charge is -2.23. The fourth-order valence-electron chi connectivity index (χ4n) is 3.24. The number of halogens is 1. The number of amides is 2. The molecule has 0 radical (unpaired) electrons. The van der Waals surface area contributed by atoms with Crippen LogP contribution >= 0.6 is 27.3 Å². The molecular weight excluding hydrogens is 496 g/mol. The molecule has 0 unspecified atom stereocenters. The van der Waals surface area contributed by atoms with Crippen LogP contribution in [-0.4, -0.2) is 38.0 Å². The van der Waals surface area contributed by atoms with E-state index in [9.17, 15) is 14.4 Å². The van der Waals surface area contributed by atoms with Gasteiger partial charge in [0.2, 0.25) is 5.91 Å². The quantitative estimate of drug-likeness (QED) is 0.456. The minimum Gasteiger partial charge on any atom is -0.478 e. The van der Waals surface area contributed by atoms with Gasteiger partial charge in [0, 0.05) is 25.0 Å². The Balaban J connectivity index is 2.00. The van der Waals surface area contributed by atoms with Gasteiger partial charge in [0.25, 0.3) is 5.91 Å². The lowest BCUT2D eigenvalue weighted by molar-refractivity contribution is -0.124. The van der Waals surface area contributed by atoms with E-state index < -0.39 is 12.1 Å². The number of aryl methyl sites for hydroxylation is 1. The Morgan fingerprint density at radius 1 is 1.19 bits per heavy atom. The Hall–Kier alpha value is -2.91. The molecule has 0 aliphatic rings. The first-order valence-electron chi connectivity index (χ1n) is 9.75. The highest BCUT2D eigenvalue weighted by Gasteiger charge is 2.27. The molecule has 3 aromatic rings. The van der Waals surface area contributed by atoms with Crippen molar-refractivity contribution in [2.45, 2.75) is 26.9 Å². The average Bonchev–Trinajstić information content (AvgIpc) is 3.11. The van der Waals surface area contributed by atoms with Gasteiger partial charge in [0.1, 0.15) is 10.6 Å². The maximum absolute atomic E-state index is 13.0. The summed E-state index contributed by atoms with van der Waals surface area (Å²) in [7, 11) is 2.98. The summed E-state index contributed by atoms with van der Waals surface area (Å²) in [6.45, 7) is 4.99. The summed E-state index contributed by atoms with van der Waals surface area (Å²) in [5.41, 5.74) is 2.05. The molecule has 3 rings (SSSR count). The fourth-order valence-corrected chi connectivity index (χ4v) is 5.02. The number of fused-ring (bicyclic) bond motifs is 1. The number of carbonyl (C=O) groups is 3. The Morgan fingerprint density at radius 2 is 1.91 bits per heavy atom. The number of thiophene rings is 1. The molecule has 1 N–H and O–H groups in total. The van der Waals surface area contributed by atoms with Gasteiger partial charge in [-0.1, -0.05) is 18.2 Å². The number of nitrogens with zero attached hydrogens (tertiary/aromatic N) is 1. The lowest BCUT2D eigenvalue weighted by atomic mass is 10.1. The van der Waals surface area contributed by atoms with Gasteiger partial charge in [-0.2, -0.15) is 0 Å². The number of likely N-dealkylation sites (N-methyl/N-ethyl adjacent to an activating group) is 1. The SMILES string of the molecule is COC(=O)c1c(NC(C)=O)sc2c(O[C@@H](C)C(=O)N(C)c3cccc(C)c3)c(Br)ccc12. The second-order valence-corrected chi connectivity index (χ2v) is 9.10. The predicted octanol–water partition coefficient (Wildman–Crippen LogP) is 5.15. The van der Waals surface area contributed by atoms with Crippen molar-refractivity contribution in [2.24, 2.45) is 0 Å². The predicted molar refractivity (Wildman–Crippen MR) is 130 cm³/mol. The smallest absolute Gasteiger partial charge is 0.341 e. The van der Waals surface area contributed by atoms with E-state index >= 15 is 0 Å². The number of hydrogen-bond acceptors (Lipinski definition) is 6. The van der Waals surface area contributed by atoms with E-state index in [0.29, 0.717) is 25.3 Å². The van der Waals surface area contributed by atoms with E-state index in [4.69, 9.17) is 9.47 Å². The van der Waals surface area contributed by atoms with Crippen LogP contribution in [0.5, 0.6) is 5.75 Å². The van der Waals surface area contributed by atoms with Crippen LogP contribution in [0, 0.1) is 6.92 Å². The molecule has 0 bridgehead atoms. The topological polar surface area (TPSA) is 84.9 Å². The number of nitrogens with one attached hydrogen (secondary N) is 1. The summed E-state index contributed by atoms with van der Waals surface area (Å²) in [5.74, 6) is -0.706. The molecule has 0 saturated heterocycles. The van der Waals surface area contributed by atoms with Gasteiger partial charge in [-0.15, -0.1) is 11.3 Å². The van der Waals surface area contributed by atoms with Crippen molar-refractivity contribution >= 4 is 65.8 Å². The van der Waals surface area contributed by atoms with Gasteiger partial charge in [-0.3, -0.25) is 9.59 Å². The van der Waals surface area contributed by atoms with Crippen molar-refractivity contribution in [1.29, 1.82) is 0 Å². The van der Waals surface area contributed by atoms with Crippen LogP contribution in [-0.2, 0) is 14.3 Å². The normalized spacial score (nSPS) is 11.7. The zero-order chi connectivity index (χ0) is 23.6. The van der Waals surface area contributed by atoms with Gasteiger partial charge in [0.05, 0.1) is 16.3 Å². The highest BCUT2D eigenvalue weighted by Crippen LogP contribution is 2.45. The van der Waals surface area contributed by atoms with Crippen molar-refractivity contribution < 1.29 is 23.9 Å². The Labute approximate surface area is 198 Å². The number of hydrogen-bond donors (Lipinski definition) is 1. The molecule has 168 valence electrons. The number of rotatable bonds is 6. The minimum atomic E-state index is -0.810. The Kier molecular flexibility index (Phi) is 7.20. The van der Waals surface area contributed by atoms with E-state index in [1.54, 1.807) is 31.0 Å². The lowest BCUT2D eigenvalue weighted by Crippen LogP contribution is -2.38. The summed E-state index contributed by atoms with van der Waals surface area (Å²) >= 11 is 4.66. The number of benzene rings is 2. The van der Waals surface area contributed by atoms with E-state index in [1.165, 1.54) is 25.4 Å². The van der Waals surface area contributed by atoms with Crippen molar-refractivity contribution in [3.8, 4) is 5.75 Å². The summed E-state index contributed by atoms with van der Waals surface area (Å²) in [6, 6.07) is 11.1. The number of ether oxygens (including phenoxy) is 2. The van der Waals surface area contributed by atoms with Crippen LogP contribution in [0.2, 0.25) is 0 Å². The van der Waals surface area contributed by atoms with Gasteiger partial charge in [-0.05, 0) is 53.5 Å². The zero-order valence-electron chi connectivity index (χ0n) is 18.3. The summed E-state index contributed by atoms with van der Waals surface area (Å²) < 4.78 is 12.2. The summed E-state index contributed by atoms with van der Waals surface area (Å²) in [4.78, 5) is 38.7. The first kappa shape index (κ1) is 23.7. The van der Waals surface area contributed by atoms with Crippen LogP contribution in [0.1, 0.15) is 29.8 Å². The molecule has 0 aliphatic carbocycles. The molecule has 0 fully saturated rings. The Morgan fingerprint density at radius 3 is 2.53 bits per heavy atom. The average molecular weight is 519 g/mol. The number of anilines is 2. The maximum atomic E-state index is 13.0. The van der Waals surface area contributed by atoms with Crippen molar-refractivity contribution in [1.82, 2.24) is 0 Å². The molecule has 7 nitrogen and oxygen atoms in total. The van der Waals surface area contributed by atoms with Crippen molar-refractivity contribution in [3.05, 3.63) is 52.0 Å². The molecular formula is C23H23BrN2O5S. The second kappa shape index (κ2) is 9.70. The molecule has 2 aromatic carbocycles. The van der Waals surface area contributed by atoms with E-state index in [-0.39, 0.29) is 17.4 Å². The third-order valence-electron chi connectivity index (χ3n) is 4.81. The van der Waals surface area contributed by atoms with Crippen molar-refractivity contribution in [2.75, 3.05) is 24.4 Å². The van der Waals surface area contributed by atoms with Crippen LogP contribution < -0.4 is 15.0 Å². The maximum Gasteiger partial charge on any atom is 0.341 e. The monoisotopic (exact) mass is 518 g/mol. The minimum absolute atomic E-state index is 0.230. The van der Waals surface area contributed by atoms with Crippen LogP contribution in [0.25, 0.3) is 10.1 Å². The largest absolute Gasteiger partial charge is 0.478 e. The number of methoxy groups -OCH3 is 1. The van der Waals surface area contributed by atoms with Gasteiger partial charge >= 0.3 is 5.97 Å². The molecule has 0 spiro atoms. The van der Waals surface area contributed by atoms with Gasteiger partial charge in [0.15, 0.2) is 11.9 Å². The molecule has 32 heavy (non-hydrogen) atoms. The third kappa shape index (κ3) is 4.78. The standard InChI is InChI=1S/C23H23BrN2O5S/c1-12-7-6-8-15(11-12)26(4)22(28)13(2)31-19-17(24)10-9-16-18(23(29)30-5)21(25-14(3)27)32-20(16)19/h6-11,13H,1-5H3,(H,25,27)/t13-/m0/s1. The molecule has 1 atom stereocenters. The molecule has 0 aliphatic heterocycles. The highest BCUT2D eigenvalue weighted by atomic mass is 79.9. The zero-order valence-corrected chi connectivity index (χ0v) is 20.7. The van der Waals surface area contributed by atoms with Crippen molar-refractivity contribution in [3.63, 3.8) is 0 Å². The van der Waals surface area contributed by atoms with Gasteiger partial charge in [-0.25, -0.2) is 4.79 Å². The van der Waals surface area contributed by atoms with Crippen LogP contribution in [0.4, 0.5) is 10.7 Å². The highest BCUT2D eigenvalue weighted by molar-refractivity contribution is 9.10. The van der Waals surface area contributed by atoms with Crippen LogP contribution in [0.3, 0.4) is 0 Å². The van der Waals surface area contributed by atoms with Crippen LogP contribution in [0.15, 0.2) is 40.9 Å². The summed E-state index contributed by atoms with van der Waals surface area (Å²) in [6.07, 6.45) is -0.810. The first-order chi connectivity index (χ1) is 15.1. The molecule has 9 heteroatoms. The van der Waals surface area contributed by atoms with Gasteiger partial charge < -0.3 is 19.7 Å². The molecule has 1 heterocycles. The molecule has 1 aromatic heterocycles. The fraction of sp³-hybridized carbons (Fsp3) is 0.261. The van der Waals surface area contributed by atoms with E-state index in [0.717, 1.165) is 11.3 Å². The van der Waals surface area contributed by atoms with E-state index in [1.807, 2.05) is 31.2 Å². The van der Waals surface area contributed by atoms with E-state index in [2.05, 4.69) is 21.2 Å². The molecule has 2 amide bonds.